The number of hydrogen-bond donors (Lipinski definition) is 1. The van der Waals surface area contributed by atoms with E-state index in [-0.39, 0.29) is 5.82 Å². The standard InChI is InChI=1S/C14H18FN5O/c1-9-12(15)6-11(7-13(9)16)14-17-18-19-20(14)4-5-21-8-10-2-3-10/h6-7,10H,2-5,8,16H2,1H3. The van der Waals surface area contributed by atoms with Gasteiger partial charge in [-0.3, -0.25) is 0 Å². The van der Waals surface area contributed by atoms with Gasteiger partial charge in [-0.2, -0.15) is 0 Å². The number of hydrogen-bond acceptors (Lipinski definition) is 5. The molecule has 0 radical (unpaired) electrons. The Balaban J connectivity index is 1.71. The zero-order valence-electron chi connectivity index (χ0n) is 11.9. The Morgan fingerprint density at radius 3 is 2.95 bits per heavy atom. The predicted molar refractivity (Wildman–Crippen MR) is 75.9 cm³/mol. The molecule has 1 aromatic carbocycles. The molecule has 1 aliphatic carbocycles. The maximum atomic E-state index is 13.8. The van der Waals surface area contributed by atoms with Crippen LogP contribution < -0.4 is 5.73 Å². The Hall–Kier alpha value is -2.02. The van der Waals surface area contributed by atoms with Gasteiger partial charge in [0, 0.05) is 23.4 Å². The van der Waals surface area contributed by atoms with Gasteiger partial charge in [-0.15, -0.1) is 5.10 Å². The summed E-state index contributed by atoms with van der Waals surface area (Å²) in [5.74, 6) is 0.865. The molecule has 0 saturated heterocycles. The third-order valence-electron chi connectivity index (χ3n) is 3.67. The van der Waals surface area contributed by atoms with E-state index in [1.54, 1.807) is 17.7 Å². The van der Waals surface area contributed by atoms with Gasteiger partial charge in [0.2, 0.25) is 0 Å². The van der Waals surface area contributed by atoms with Crippen molar-refractivity contribution in [2.24, 2.45) is 5.92 Å². The first-order valence-corrected chi connectivity index (χ1v) is 7.05. The SMILES string of the molecule is Cc1c(N)cc(-c2nnnn2CCOCC2CC2)cc1F. The molecule has 2 aromatic rings. The lowest BCUT2D eigenvalue weighted by Crippen LogP contribution is -2.10. The summed E-state index contributed by atoms with van der Waals surface area (Å²) in [6, 6.07) is 3.09. The van der Waals surface area contributed by atoms with E-state index in [0.717, 1.165) is 12.5 Å². The third kappa shape index (κ3) is 3.18. The summed E-state index contributed by atoms with van der Waals surface area (Å²) in [4.78, 5) is 0. The molecule has 1 aliphatic rings. The second-order valence-electron chi connectivity index (χ2n) is 5.42. The highest BCUT2D eigenvalue weighted by Crippen LogP contribution is 2.28. The minimum atomic E-state index is -0.357. The van der Waals surface area contributed by atoms with Crippen LogP contribution in [0.5, 0.6) is 0 Å². The number of nitrogens with zero attached hydrogens (tertiary/aromatic N) is 4. The molecule has 1 saturated carbocycles. The lowest BCUT2D eigenvalue weighted by Gasteiger charge is -2.08. The van der Waals surface area contributed by atoms with Crippen molar-refractivity contribution in [1.29, 1.82) is 0 Å². The van der Waals surface area contributed by atoms with Crippen LogP contribution >= 0.6 is 0 Å². The van der Waals surface area contributed by atoms with Crippen molar-refractivity contribution in [1.82, 2.24) is 20.2 Å². The topological polar surface area (TPSA) is 78.9 Å². The van der Waals surface area contributed by atoms with Crippen molar-refractivity contribution in [2.45, 2.75) is 26.3 Å². The molecule has 0 unspecified atom stereocenters. The van der Waals surface area contributed by atoms with Gasteiger partial charge in [0.05, 0.1) is 13.2 Å². The number of anilines is 1. The van der Waals surface area contributed by atoms with Gasteiger partial charge in [0.25, 0.3) is 0 Å². The van der Waals surface area contributed by atoms with Crippen LogP contribution in [0.3, 0.4) is 0 Å². The predicted octanol–water partition coefficient (Wildman–Crippen LogP) is 1.80. The van der Waals surface area contributed by atoms with Gasteiger partial charge in [-0.05, 0) is 48.2 Å². The second-order valence-corrected chi connectivity index (χ2v) is 5.42. The Kier molecular flexibility index (Phi) is 3.83. The molecule has 1 aromatic heterocycles. The first-order chi connectivity index (χ1) is 10.1. The fourth-order valence-electron chi connectivity index (χ4n) is 2.08. The normalized spacial score (nSPS) is 14.6. The molecule has 0 amide bonds. The van der Waals surface area contributed by atoms with Crippen LogP contribution in [0.2, 0.25) is 0 Å². The van der Waals surface area contributed by atoms with Crippen LogP contribution in [0.4, 0.5) is 10.1 Å². The highest BCUT2D eigenvalue weighted by molar-refractivity contribution is 5.63. The number of halogens is 1. The van der Waals surface area contributed by atoms with Crippen LogP contribution in [-0.4, -0.2) is 33.4 Å². The van der Waals surface area contributed by atoms with Crippen molar-refractivity contribution >= 4 is 5.69 Å². The molecule has 0 spiro atoms. The van der Waals surface area contributed by atoms with Crippen LogP contribution in [-0.2, 0) is 11.3 Å². The first kappa shape index (κ1) is 13.9. The molecule has 3 rings (SSSR count). The third-order valence-corrected chi connectivity index (χ3v) is 3.67. The van der Waals surface area contributed by atoms with E-state index in [9.17, 15) is 4.39 Å². The zero-order valence-corrected chi connectivity index (χ0v) is 11.9. The largest absolute Gasteiger partial charge is 0.398 e. The molecule has 21 heavy (non-hydrogen) atoms. The van der Waals surface area contributed by atoms with E-state index in [2.05, 4.69) is 15.5 Å². The van der Waals surface area contributed by atoms with Crippen LogP contribution in [0.25, 0.3) is 11.4 Å². The molecule has 0 atom stereocenters. The zero-order chi connectivity index (χ0) is 14.8. The van der Waals surface area contributed by atoms with E-state index in [1.807, 2.05) is 0 Å². The van der Waals surface area contributed by atoms with Crippen LogP contribution in [0.15, 0.2) is 12.1 Å². The second kappa shape index (κ2) is 5.77. The first-order valence-electron chi connectivity index (χ1n) is 7.05. The molecule has 112 valence electrons. The highest BCUT2D eigenvalue weighted by Gasteiger charge is 2.21. The monoisotopic (exact) mass is 291 g/mol. The maximum absolute atomic E-state index is 13.8. The number of nitrogens with two attached hydrogens (primary N) is 1. The van der Waals surface area contributed by atoms with Gasteiger partial charge in [-0.1, -0.05) is 0 Å². The molecule has 1 fully saturated rings. The van der Waals surface area contributed by atoms with Gasteiger partial charge < -0.3 is 10.5 Å². The number of aromatic nitrogens is 4. The molecule has 1 heterocycles. The lowest BCUT2D eigenvalue weighted by atomic mass is 10.1. The summed E-state index contributed by atoms with van der Waals surface area (Å²) in [7, 11) is 0. The fraction of sp³-hybridized carbons (Fsp3) is 0.500. The number of rotatable bonds is 6. The summed E-state index contributed by atoms with van der Waals surface area (Å²) in [5, 5.41) is 11.5. The van der Waals surface area contributed by atoms with Gasteiger partial charge in [-0.25, -0.2) is 9.07 Å². The Morgan fingerprint density at radius 1 is 1.43 bits per heavy atom. The average Bonchev–Trinajstić information content (AvgIpc) is 3.17. The fourth-order valence-corrected chi connectivity index (χ4v) is 2.08. The van der Waals surface area contributed by atoms with Crippen molar-refractivity contribution in [3.8, 4) is 11.4 Å². The Morgan fingerprint density at radius 2 is 2.24 bits per heavy atom. The van der Waals surface area contributed by atoms with E-state index in [4.69, 9.17) is 10.5 Å². The summed E-state index contributed by atoms with van der Waals surface area (Å²) in [6.45, 7) is 3.51. The van der Waals surface area contributed by atoms with Gasteiger partial charge in [0.15, 0.2) is 5.82 Å². The Labute approximate surface area is 122 Å². The summed E-state index contributed by atoms with van der Waals surface area (Å²) >= 11 is 0. The Bertz CT molecular complexity index is 615. The average molecular weight is 291 g/mol. The minimum Gasteiger partial charge on any atom is -0.398 e. The van der Waals surface area contributed by atoms with Crippen molar-refractivity contribution in [3.05, 3.63) is 23.5 Å². The lowest BCUT2D eigenvalue weighted by molar-refractivity contribution is 0.114. The summed E-state index contributed by atoms with van der Waals surface area (Å²) in [6.07, 6.45) is 2.52. The summed E-state index contributed by atoms with van der Waals surface area (Å²) in [5.41, 5.74) is 7.20. The van der Waals surface area contributed by atoms with E-state index < -0.39 is 0 Å². The van der Waals surface area contributed by atoms with E-state index in [0.29, 0.717) is 35.8 Å². The van der Waals surface area contributed by atoms with Crippen molar-refractivity contribution in [3.63, 3.8) is 0 Å². The molecule has 2 N–H and O–H groups in total. The van der Waals surface area contributed by atoms with Crippen molar-refractivity contribution < 1.29 is 9.13 Å². The van der Waals surface area contributed by atoms with Gasteiger partial charge in [0.1, 0.15) is 5.82 Å². The minimum absolute atomic E-state index is 0.357. The molecule has 7 heteroatoms. The van der Waals surface area contributed by atoms with E-state index >= 15 is 0 Å². The molecule has 0 aliphatic heterocycles. The highest BCUT2D eigenvalue weighted by atomic mass is 19.1. The number of tetrazole rings is 1. The molecule has 0 bridgehead atoms. The number of benzene rings is 1. The molecular weight excluding hydrogens is 273 g/mol. The smallest absolute Gasteiger partial charge is 0.182 e. The van der Waals surface area contributed by atoms with E-state index in [1.165, 1.54) is 18.9 Å². The maximum Gasteiger partial charge on any atom is 0.182 e. The van der Waals surface area contributed by atoms with Crippen molar-refractivity contribution in [2.75, 3.05) is 18.9 Å². The quantitative estimate of drug-likeness (QED) is 0.648. The molecular formula is C14H18FN5O. The van der Waals surface area contributed by atoms with Gasteiger partial charge >= 0.3 is 0 Å². The number of ether oxygens (including phenoxy) is 1. The van der Waals surface area contributed by atoms with Crippen LogP contribution in [0.1, 0.15) is 18.4 Å². The van der Waals surface area contributed by atoms with Crippen LogP contribution in [0, 0.1) is 18.7 Å². The molecule has 6 nitrogen and oxygen atoms in total. The number of nitrogen functional groups attached to an aromatic ring is 1. The summed E-state index contributed by atoms with van der Waals surface area (Å²) < 4.78 is 21.0.